The number of halogens is 1. The number of rotatable bonds is 6. The molecule has 38 heavy (non-hydrogen) atoms. The number of benzene rings is 1. The molecule has 5 rings (SSSR count). The summed E-state index contributed by atoms with van der Waals surface area (Å²) < 4.78 is 7.49. The van der Waals surface area contributed by atoms with Gasteiger partial charge in [-0.1, -0.05) is 23.7 Å². The van der Waals surface area contributed by atoms with Gasteiger partial charge in [-0.05, 0) is 70.1 Å². The average molecular weight is 541 g/mol. The minimum atomic E-state index is -0.926. The molecular formula is C27H33ClN6O4. The lowest BCUT2D eigenvalue weighted by Gasteiger charge is -2.32. The van der Waals surface area contributed by atoms with Crippen LogP contribution in [0.25, 0.3) is 5.65 Å². The molecule has 1 atom stereocenters. The molecule has 1 aliphatic heterocycles. The van der Waals surface area contributed by atoms with Gasteiger partial charge in [-0.15, -0.1) is 0 Å². The molecule has 0 spiro atoms. The summed E-state index contributed by atoms with van der Waals surface area (Å²) in [5.74, 6) is 1.46. The molecule has 3 aromatic rings. The molecule has 1 saturated carbocycles. The molecule has 10 nitrogen and oxygen atoms in total. The summed E-state index contributed by atoms with van der Waals surface area (Å²) in [6.45, 7) is 6.58. The Balaban J connectivity index is 1.57. The summed E-state index contributed by atoms with van der Waals surface area (Å²) in [4.78, 5) is 33.0. The highest BCUT2D eigenvalue weighted by Crippen LogP contribution is 2.42. The lowest BCUT2D eigenvalue weighted by Crippen LogP contribution is -2.44. The lowest BCUT2D eigenvalue weighted by molar-refractivity contribution is 0.0575. The van der Waals surface area contributed by atoms with Gasteiger partial charge in [0, 0.05) is 35.8 Å². The Labute approximate surface area is 226 Å². The zero-order chi connectivity index (χ0) is 27.0. The van der Waals surface area contributed by atoms with E-state index in [4.69, 9.17) is 21.3 Å². The minimum Gasteiger partial charge on any atom is -0.465 e. The fraction of sp³-hybridized carbons (Fsp3) is 0.481. The number of aromatic nitrogens is 3. The third kappa shape index (κ3) is 5.96. The molecule has 2 fully saturated rings. The van der Waals surface area contributed by atoms with Crippen LogP contribution >= 0.6 is 11.6 Å². The monoisotopic (exact) mass is 540 g/mol. The number of ether oxygens (including phenoxy) is 1. The van der Waals surface area contributed by atoms with Crippen LogP contribution in [0.1, 0.15) is 63.5 Å². The first-order chi connectivity index (χ1) is 18.1. The van der Waals surface area contributed by atoms with E-state index in [-0.39, 0.29) is 12.6 Å². The van der Waals surface area contributed by atoms with E-state index >= 15 is 0 Å². The van der Waals surface area contributed by atoms with Crippen molar-refractivity contribution in [2.24, 2.45) is 0 Å². The number of hydrogen-bond acceptors (Lipinski definition) is 6. The predicted molar refractivity (Wildman–Crippen MR) is 145 cm³/mol. The van der Waals surface area contributed by atoms with Crippen molar-refractivity contribution in [2.75, 3.05) is 23.3 Å². The molecule has 3 heterocycles. The van der Waals surface area contributed by atoms with Crippen molar-refractivity contribution in [3.8, 4) is 0 Å². The van der Waals surface area contributed by atoms with E-state index in [9.17, 15) is 14.7 Å². The van der Waals surface area contributed by atoms with Crippen molar-refractivity contribution in [1.82, 2.24) is 19.5 Å². The first-order valence-electron chi connectivity index (χ1n) is 13.0. The van der Waals surface area contributed by atoms with Gasteiger partial charge < -0.3 is 20.1 Å². The number of hydrogen-bond donors (Lipinski definition) is 2. The minimum absolute atomic E-state index is 0.0992. The zero-order valence-electron chi connectivity index (χ0n) is 21.9. The van der Waals surface area contributed by atoms with Crippen molar-refractivity contribution < 1.29 is 19.4 Å². The van der Waals surface area contributed by atoms with Crippen LogP contribution in [-0.2, 0) is 11.3 Å². The van der Waals surface area contributed by atoms with Crippen molar-refractivity contribution in [2.45, 2.75) is 70.6 Å². The maximum absolute atomic E-state index is 13.6. The Kier molecular flexibility index (Phi) is 7.09. The number of carbonyl (C=O) groups is 2. The second-order valence-corrected chi connectivity index (χ2v) is 11.5. The van der Waals surface area contributed by atoms with Crippen LogP contribution in [0.3, 0.4) is 0 Å². The maximum atomic E-state index is 13.6. The summed E-state index contributed by atoms with van der Waals surface area (Å²) in [6, 6.07) is 9.04. The van der Waals surface area contributed by atoms with E-state index in [0.29, 0.717) is 41.3 Å². The van der Waals surface area contributed by atoms with Crippen LogP contribution in [-0.4, -0.2) is 61.5 Å². The highest BCUT2D eigenvalue weighted by Gasteiger charge is 2.32. The zero-order valence-corrected chi connectivity index (χ0v) is 22.6. The van der Waals surface area contributed by atoms with E-state index in [1.807, 2.05) is 45.2 Å². The van der Waals surface area contributed by atoms with Crippen LogP contribution in [0.2, 0.25) is 5.02 Å². The molecule has 1 aliphatic carbocycles. The van der Waals surface area contributed by atoms with E-state index in [0.717, 1.165) is 36.8 Å². The van der Waals surface area contributed by atoms with E-state index in [1.165, 1.54) is 4.90 Å². The fourth-order valence-corrected chi connectivity index (χ4v) is 4.98. The first-order valence-corrected chi connectivity index (χ1v) is 13.3. The van der Waals surface area contributed by atoms with Crippen molar-refractivity contribution in [1.29, 1.82) is 0 Å². The summed E-state index contributed by atoms with van der Waals surface area (Å²) in [5.41, 5.74) is 1.85. The highest BCUT2D eigenvalue weighted by atomic mass is 35.5. The molecular weight excluding hydrogens is 508 g/mol. The third-order valence-electron chi connectivity index (χ3n) is 6.66. The Morgan fingerprint density at radius 2 is 2.03 bits per heavy atom. The Hall–Kier alpha value is -3.53. The highest BCUT2D eigenvalue weighted by molar-refractivity contribution is 6.30. The molecule has 0 radical (unpaired) electrons. The topological polar surface area (TPSA) is 112 Å². The number of nitrogens with one attached hydrogen (secondary N) is 1. The summed E-state index contributed by atoms with van der Waals surface area (Å²) in [5, 5.41) is 18.1. The van der Waals surface area contributed by atoms with Gasteiger partial charge in [0.05, 0.1) is 12.7 Å². The number of anilines is 2. The molecule has 202 valence electrons. The molecule has 0 bridgehead atoms. The predicted octanol–water partition coefficient (Wildman–Crippen LogP) is 5.76. The number of carboxylic acid groups (broad SMARTS) is 1. The average Bonchev–Trinajstić information content (AvgIpc) is 3.60. The number of amides is 2. The molecule has 11 heteroatoms. The van der Waals surface area contributed by atoms with Gasteiger partial charge in [-0.2, -0.15) is 9.61 Å². The quantitative estimate of drug-likeness (QED) is 0.409. The summed E-state index contributed by atoms with van der Waals surface area (Å²) in [6.07, 6.45) is 4.11. The Morgan fingerprint density at radius 3 is 2.71 bits per heavy atom. The van der Waals surface area contributed by atoms with Crippen molar-refractivity contribution in [3.63, 3.8) is 0 Å². The molecule has 0 unspecified atom stereocenters. The lowest BCUT2D eigenvalue weighted by atomic mass is 10.1. The van der Waals surface area contributed by atoms with Crippen molar-refractivity contribution in [3.05, 3.63) is 52.7 Å². The van der Waals surface area contributed by atoms with Crippen LogP contribution in [0.15, 0.2) is 36.5 Å². The van der Waals surface area contributed by atoms with Gasteiger partial charge in [-0.25, -0.2) is 14.6 Å². The van der Waals surface area contributed by atoms with Gasteiger partial charge in [0.2, 0.25) is 0 Å². The van der Waals surface area contributed by atoms with Crippen LogP contribution in [0.5, 0.6) is 0 Å². The number of likely N-dealkylation sites (tertiary alicyclic amines) is 1. The van der Waals surface area contributed by atoms with Crippen LogP contribution < -0.4 is 10.2 Å². The molecule has 2 aliphatic rings. The molecule has 2 N–H and O–H groups in total. The second-order valence-electron chi connectivity index (χ2n) is 11.0. The largest absolute Gasteiger partial charge is 0.465 e. The molecule has 1 aromatic carbocycles. The smallest absolute Gasteiger partial charge is 0.416 e. The third-order valence-corrected chi connectivity index (χ3v) is 6.90. The Bertz CT molecular complexity index is 1350. The van der Waals surface area contributed by atoms with Gasteiger partial charge >= 0.3 is 12.2 Å². The first kappa shape index (κ1) is 26.1. The SMILES string of the molecule is CC(C)(C)OC(=O)N(Cc1cccc(Cl)c1)c1cc(N[C@H]2CCCN(C(=O)O)C2)nc2c(C3CC3)cnn12. The summed E-state index contributed by atoms with van der Waals surface area (Å²) >= 11 is 6.25. The van der Waals surface area contributed by atoms with E-state index < -0.39 is 17.8 Å². The van der Waals surface area contributed by atoms with Gasteiger partial charge in [0.25, 0.3) is 0 Å². The molecule has 2 amide bonds. The maximum Gasteiger partial charge on any atom is 0.416 e. The molecule has 2 aromatic heterocycles. The van der Waals surface area contributed by atoms with Gasteiger partial charge in [-0.3, -0.25) is 4.90 Å². The Morgan fingerprint density at radius 1 is 1.24 bits per heavy atom. The van der Waals surface area contributed by atoms with Crippen LogP contribution in [0, 0.1) is 0 Å². The molecule has 1 saturated heterocycles. The van der Waals surface area contributed by atoms with E-state index in [2.05, 4.69) is 10.4 Å². The summed E-state index contributed by atoms with van der Waals surface area (Å²) in [7, 11) is 0. The van der Waals surface area contributed by atoms with Gasteiger partial charge in [0.1, 0.15) is 17.2 Å². The van der Waals surface area contributed by atoms with Crippen LogP contribution in [0.4, 0.5) is 21.2 Å². The second kappa shape index (κ2) is 10.3. The van der Waals surface area contributed by atoms with Crippen molar-refractivity contribution >= 4 is 41.1 Å². The van der Waals surface area contributed by atoms with Gasteiger partial charge in [0.15, 0.2) is 5.65 Å². The number of fused-ring (bicyclic) bond motifs is 1. The normalized spacial score (nSPS) is 17.9. The standard InChI is InChI=1S/C27H33ClN6O4/c1-27(2,3)38-26(37)33(15-17-6-4-7-19(28)12-17)23-13-22(30-20-8-5-11-32(16-20)25(35)36)31-24-21(18-9-10-18)14-29-34(23)24/h4,6-7,12-14,18,20H,5,8-11,15-16H2,1-3H3,(H,30,31)(H,35,36)/t20-/m0/s1. The number of nitrogens with zero attached hydrogens (tertiary/aromatic N) is 5. The van der Waals surface area contributed by atoms with E-state index in [1.54, 1.807) is 21.5 Å². The number of carbonyl (C=O) groups excluding carboxylic acids is 1. The number of piperidine rings is 1. The fourth-order valence-electron chi connectivity index (χ4n) is 4.76.